The number of thiophene rings is 2. The fourth-order valence-electron chi connectivity index (χ4n) is 14.3. The van der Waals surface area contributed by atoms with Crippen molar-refractivity contribution in [3.8, 4) is 85.1 Å². The van der Waals surface area contributed by atoms with E-state index in [-0.39, 0.29) is 58.6 Å². The number of hydrogen-bond donors (Lipinski definition) is 0. The molecule has 0 atom stereocenters. The summed E-state index contributed by atoms with van der Waals surface area (Å²) in [5.74, 6) is 1.18. The highest BCUT2D eigenvalue weighted by atomic mass is 35.5. The van der Waals surface area contributed by atoms with Crippen LogP contribution in [0.3, 0.4) is 0 Å². The van der Waals surface area contributed by atoms with Gasteiger partial charge in [-0.3, -0.25) is 0 Å². The molecular formula is C91H54ClN7O2S2. The van der Waals surface area contributed by atoms with Gasteiger partial charge in [0.15, 0.2) is 34.9 Å². The maximum atomic E-state index is 8.77. The van der Waals surface area contributed by atoms with Gasteiger partial charge in [0.25, 0.3) is 0 Å². The molecule has 0 N–H and O–H groups in total. The van der Waals surface area contributed by atoms with E-state index in [1.54, 1.807) is 28.7 Å². The van der Waals surface area contributed by atoms with Crippen LogP contribution in [0, 0.1) is 0 Å². The van der Waals surface area contributed by atoms with Gasteiger partial charge in [-0.25, -0.2) is 29.9 Å². The summed E-state index contributed by atoms with van der Waals surface area (Å²) in [5.41, 5.74) is 14.1. The average Bonchev–Trinajstić information content (AvgIpc) is 1.47. The quantitative estimate of drug-likeness (QED) is 0.155. The van der Waals surface area contributed by atoms with Gasteiger partial charge < -0.3 is 13.4 Å². The summed E-state index contributed by atoms with van der Waals surface area (Å²) in [6.45, 7) is 0. The van der Waals surface area contributed by atoms with Crippen LogP contribution in [0.25, 0.3) is 191 Å². The van der Waals surface area contributed by atoms with Crippen molar-refractivity contribution in [1.82, 2.24) is 34.5 Å². The summed E-state index contributed by atoms with van der Waals surface area (Å²) in [5, 5.41) is 11.0. The van der Waals surface area contributed by atoms with Crippen LogP contribution < -0.4 is 0 Å². The van der Waals surface area contributed by atoms with Crippen molar-refractivity contribution in [3.63, 3.8) is 0 Å². The van der Waals surface area contributed by atoms with Crippen molar-refractivity contribution in [2.24, 2.45) is 0 Å². The fourth-order valence-corrected chi connectivity index (χ4v) is 16.8. The van der Waals surface area contributed by atoms with Crippen molar-refractivity contribution in [2.75, 3.05) is 0 Å². The maximum Gasteiger partial charge on any atom is 0.165 e. The topological polar surface area (TPSA) is 109 Å². The Hall–Kier alpha value is -12.8. The van der Waals surface area contributed by atoms with Crippen LogP contribution in [-0.2, 0) is 6.42 Å². The number of nitrogens with zero attached hydrogens (tertiary/aromatic N) is 7. The monoisotopic (exact) mass is 1390 g/mol. The molecule has 484 valence electrons. The molecule has 0 aliphatic heterocycles. The molecule has 9 nitrogen and oxygen atoms in total. The van der Waals surface area contributed by atoms with Gasteiger partial charge in [0, 0.05) is 129 Å². The molecule has 0 fully saturated rings. The smallest absolute Gasteiger partial charge is 0.165 e. The molecule has 12 heteroatoms. The van der Waals surface area contributed by atoms with Crippen molar-refractivity contribution >= 4 is 140 Å². The Balaban J connectivity index is 0.000000129. The molecule has 0 radical (unpaired) electrons. The Morgan fingerprint density at radius 2 is 0.689 bits per heavy atom. The van der Waals surface area contributed by atoms with E-state index in [0.29, 0.717) is 44.5 Å². The number of aromatic nitrogens is 7. The van der Waals surface area contributed by atoms with E-state index in [1.807, 2.05) is 97.1 Å². The second kappa shape index (κ2) is 24.8. The molecule has 1 aliphatic rings. The molecule has 103 heavy (non-hydrogen) atoms. The first-order chi connectivity index (χ1) is 55.1. The van der Waals surface area contributed by atoms with Gasteiger partial charge in [-0.05, 0) is 114 Å². The van der Waals surface area contributed by atoms with Crippen molar-refractivity contribution in [3.05, 3.63) is 331 Å². The first-order valence-corrected chi connectivity index (χ1v) is 35.3. The lowest BCUT2D eigenvalue weighted by Gasteiger charge is -2.09. The summed E-state index contributed by atoms with van der Waals surface area (Å²) in [4.78, 5) is 28.9. The minimum Gasteiger partial charge on any atom is -0.456 e. The second-order valence-corrected chi connectivity index (χ2v) is 27.5. The van der Waals surface area contributed by atoms with E-state index in [1.165, 1.54) is 33.0 Å². The number of hydrogen-bond acceptors (Lipinski definition) is 10. The number of rotatable bonds is 7. The fraction of sp³-hybridized carbons (Fsp3) is 0.0110. The van der Waals surface area contributed by atoms with E-state index in [4.69, 9.17) is 59.1 Å². The zero-order valence-corrected chi connectivity index (χ0v) is 56.5. The standard InChI is InChI=1S/C45H26N4OS.C33H18ClN3OS.C13H10/c1-2-11-27(12-3-1)43-46-44(48-45(47-43)36-17-10-16-35-34-15-6-9-20-41(34)51-42(35)36)28-21-23-32-33-24-22-29(26-40(33)50-39(32)25-28)49-37-18-7-4-13-30(37)31-14-5-8-19-38(31)49;34-21-14-16-23-22-15-13-20(17-27(22)38-28(23)18-21)32-35-31(19-7-2-1-3-8-19)36-33(37-32)26-11-6-10-25-24-9-4-5-12-29(24)39-30(25)26;1-3-7-12-10(5-1)9-11-6-2-4-8-13(11)12/h1-26H;1-18H;1-8H,9H2/i1D,2D,3D,11D,12D;1D,2D,3D,7D,8D;. The molecule has 7 aromatic heterocycles. The third-order valence-electron chi connectivity index (χ3n) is 19.0. The lowest BCUT2D eigenvalue weighted by atomic mass is 10.1. The van der Waals surface area contributed by atoms with Crippen molar-refractivity contribution in [2.45, 2.75) is 6.42 Å². The normalized spacial score (nSPS) is 13.3. The van der Waals surface area contributed by atoms with E-state index in [9.17, 15) is 0 Å². The summed E-state index contributed by atoms with van der Waals surface area (Å²) >= 11 is 9.44. The zero-order chi connectivity index (χ0) is 76.8. The first kappa shape index (κ1) is 50.5. The van der Waals surface area contributed by atoms with Crippen molar-refractivity contribution < 1.29 is 22.5 Å². The van der Waals surface area contributed by atoms with Crippen LogP contribution in [0.2, 0.25) is 5.02 Å². The average molecular weight is 1390 g/mol. The Morgan fingerprint density at radius 1 is 0.311 bits per heavy atom. The van der Waals surface area contributed by atoms with Crippen LogP contribution >= 0.6 is 34.3 Å². The molecule has 0 unspecified atom stereocenters. The Kier molecular flexibility index (Phi) is 12.2. The minimum absolute atomic E-state index is 0.0133. The van der Waals surface area contributed by atoms with Crippen molar-refractivity contribution in [1.29, 1.82) is 0 Å². The van der Waals surface area contributed by atoms with Crippen LogP contribution in [0.1, 0.15) is 24.8 Å². The highest BCUT2D eigenvalue weighted by molar-refractivity contribution is 7.26. The predicted octanol–water partition coefficient (Wildman–Crippen LogP) is 25.3. The van der Waals surface area contributed by atoms with Gasteiger partial charge in [-0.2, -0.15) is 0 Å². The van der Waals surface area contributed by atoms with E-state index in [0.717, 1.165) is 102 Å². The number of furan rings is 2. The molecular weight excluding hydrogens is 1320 g/mol. The first-order valence-electron chi connectivity index (χ1n) is 38.3. The molecule has 0 amide bonds. The summed E-state index contributed by atoms with van der Waals surface area (Å²) < 4.78 is 103. The third-order valence-corrected chi connectivity index (χ3v) is 21.6. The predicted molar refractivity (Wildman–Crippen MR) is 427 cm³/mol. The van der Waals surface area contributed by atoms with Crippen LogP contribution in [-0.4, -0.2) is 34.5 Å². The Bertz CT molecular complexity index is 7470. The second-order valence-electron chi connectivity index (χ2n) is 25.0. The summed E-state index contributed by atoms with van der Waals surface area (Å²) in [6, 6.07) is 81.1. The van der Waals surface area contributed by atoms with E-state index in [2.05, 4.69) is 161 Å². The molecule has 0 spiro atoms. The number of fused-ring (bicyclic) bond motifs is 18. The molecule has 0 bridgehead atoms. The van der Waals surface area contributed by atoms with Crippen LogP contribution in [0.15, 0.2) is 324 Å². The van der Waals surface area contributed by atoms with Gasteiger partial charge in [-0.1, -0.05) is 230 Å². The molecule has 7 heterocycles. The largest absolute Gasteiger partial charge is 0.456 e. The number of halogens is 1. The third kappa shape index (κ3) is 10.6. The van der Waals surface area contributed by atoms with Crippen LogP contribution in [0.4, 0.5) is 0 Å². The van der Waals surface area contributed by atoms with Gasteiger partial charge in [0.2, 0.25) is 0 Å². The lowest BCUT2D eigenvalue weighted by Crippen LogP contribution is -2.00. The molecule has 14 aromatic carbocycles. The highest BCUT2D eigenvalue weighted by Crippen LogP contribution is 2.44. The van der Waals surface area contributed by atoms with E-state index >= 15 is 0 Å². The number of benzene rings is 14. The summed E-state index contributed by atoms with van der Waals surface area (Å²) in [7, 11) is 0. The van der Waals surface area contributed by atoms with Gasteiger partial charge in [0.1, 0.15) is 22.3 Å². The SMILES string of the molecule is [2H]c1c([2H])c([2H])c(-c2nc(-c3ccc4c(c3)oc3cc(-n5c6ccccc6c6ccccc65)ccc34)nc(-c3cccc4c3sc3ccccc34)n2)c([2H])c1[2H].[2H]c1c([2H])c([2H])c(-c2nc(-c3ccc4c(c3)oc3cc(Cl)ccc34)nc(-c3cccc4c3sc3ccccc34)n2)c([2H])c1[2H].c1ccc2c(c1)Cc1ccccc1-2. The Labute approximate surface area is 616 Å². The van der Waals surface area contributed by atoms with Gasteiger partial charge >= 0.3 is 0 Å². The minimum atomic E-state index is -0.483. The molecule has 0 saturated carbocycles. The lowest BCUT2D eigenvalue weighted by molar-refractivity contribution is 0.668. The van der Waals surface area contributed by atoms with Crippen LogP contribution in [0.5, 0.6) is 0 Å². The molecule has 1 aliphatic carbocycles. The highest BCUT2D eigenvalue weighted by Gasteiger charge is 2.22. The van der Waals surface area contributed by atoms with E-state index < -0.39 is 36.3 Å². The Morgan fingerprint density at radius 3 is 1.19 bits per heavy atom. The maximum absolute atomic E-state index is 8.77. The molecule has 22 rings (SSSR count). The summed E-state index contributed by atoms with van der Waals surface area (Å²) in [6.07, 6.45) is 1.10. The number of para-hydroxylation sites is 2. The molecule has 0 saturated heterocycles. The van der Waals surface area contributed by atoms with Gasteiger partial charge in [-0.15, -0.1) is 22.7 Å². The van der Waals surface area contributed by atoms with Gasteiger partial charge in [0.05, 0.1) is 24.7 Å². The zero-order valence-electron chi connectivity index (χ0n) is 64.1. The molecule has 21 aromatic rings.